The average molecular weight is 231 g/mol. The van der Waals surface area contributed by atoms with Gasteiger partial charge >= 0.3 is 0 Å². The van der Waals surface area contributed by atoms with Gasteiger partial charge in [0.25, 0.3) is 0 Å². The van der Waals surface area contributed by atoms with Crippen LogP contribution >= 0.6 is 11.8 Å². The molecule has 0 aromatic heterocycles. The van der Waals surface area contributed by atoms with Crippen molar-refractivity contribution in [2.75, 3.05) is 19.3 Å². The quantitative estimate of drug-likeness (QED) is 0.756. The minimum atomic E-state index is -2.24. The summed E-state index contributed by atoms with van der Waals surface area (Å²) >= 11 is 1.20. The molecule has 0 aliphatic heterocycles. The third-order valence-corrected chi connectivity index (χ3v) is 2.99. The lowest BCUT2D eigenvalue weighted by Gasteiger charge is -2.03. The molecule has 15 heavy (non-hydrogen) atoms. The molecule has 1 rings (SSSR count). The van der Waals surface area contributed by atoms with Crippen LogP contribution in [0.25, 0.3) is 0 Å². The highest BCUT2D eigenvalue weighted by Gasteiger charge is 2.03. The molecule has 0 atom stereocenters. The Hall–Kier alpha value is -0.610. The Kier molecular flexibility index (Phi) is 5.65. The van der Waals surface area contributed by atoms with Gasteiger partial charge in [-0.05, 0) is 37.7 Å². The van der Waals surface area contributed by atoms with E-state index >= 15 is 0 Å². The maximum Gasteiger partial charge on any atom is 0.247 e. The van der Waals surface area contributed by atoms with Gasteiger partial charge in [-0.3, -0.25) is 0 Å². The number of benzene rings is 1. The van der Waals surface area contributed by atoms with E-state index in [0.29, 0.717) is 0 Å². The summed E-state index contributed by atoms with van der Waals surface area (Å²) in [6.45, 7) is 0.934. The Labute approximate surface area is 93.3 Å². The Bertz CT molecular complexity index is 274. The third-order valence-electron chi connectivity index (χ3n) is 1.96. The van der Waals surface area contributed by atoms with Crippen molar-refractivity contribution in [3.63, 3.8) is 0 Å². The molecule has 0 radical (unpaired) electrons. The monoisotopic (exact) mass is 231 g/mol. The first-order chi connectivity index (χ1) is 7.22. The molecule has 0 heterocycles. The average Bonchev–Trinajstić information content (AvgIpc) is 2.25. The Morgan fingerprint density at radius 2 is 1.93 bits per heavy atom. The molecule has 0 saturated carbocycles. The van der Waals surface area contributed by atoms with Crippen LogP contribution in [0.4, 0.5) is 8.78 Å². The Morgan fingerprint density at radius 3 is 2.47 bits per heavy atom. The number of likely N-dealkylation sites (N-methyl/N-ethyl adjacent to an activating group) is 1. The first-order valence-corrected chi connectivity index (χ1v) is 5.85. The highest BCUT2D eigenvalue weighted by Crippen LogP contribution is 2.20. The van der Waals surface area contributed by atoms with Crippen LogP contribution in [0.3, 0.4) is 0 Å². The fourth-order valence-corrected chi connectivity index (χ4v) is 1.83. The SMILES string of the molecule is CNCCc1ccc(SCC(F)F)cc1. The summed E-state index contributed by atoms with van der Waals surface area (Å²) in [4.78, 5) is 0.906. The van der Waals surface area contributed by atoms with Crippen molar-refractivity contribution in [2.24, 2.45) is 0 Å². The highest BCUT2D eigenvalue weighted by molar-refractivity contribution is 7.99. The van der Waals surface area contributed by atoms with Crippen molar-refractivity contribution in [1.82, 2.24) is 5.32 Å². The van der Waals surface area contributed by atoms with Crippen LogP contribution in [0.1, 0.15) is 5.56 Å². The van der Waals surface area contributed by atoms with Gasteiger partial charge in [-0.15, -0.1) is 11.8 Å². The molecule has 84 valence electrons. The Balaban J connectivity index is 2.41. The lowest BCUT2D eigenvalue weighted by atomic mass is 10.1. The molecule has 0 amide bonds. The summed E-state index contributed by atoms with van der Waals surface area (Å²) < 4.78 is 23.9. The van der Waals surface area contributed by atoms with Crippen molar-refractivity contribution < 1.29 is 8.78 Å². The molecular weight excluding hydrogens is 216 g/mol. The van der Waals surface area contributed by atoms with E-state index in [-0.39, 0.29) is 5.75 Å². The van der Waals surface area contributed by atoms with Crippen LogP contribution < -0.4 is 5.32 Å². The van der Waals surface area contributed by atoms with E-state index in [1.54, 1.807) is 0 Å². The summed E-state index contributed by atoms with van der Waals surface area (Å²) in [5, 5.41) is 3.07. The first kappa shape index (κ1) is 12.5. The minimum Gasteiger partial charge on any atom is -0.319 e. The molecule has 0 saturated heterocycles. The van der Waals surface area contributed by atoms with E-state index in [4.69, 9.17) is 0 Å². The van der Waals surface area contributed by atoms with Gasteiger partial charge < -0.3 is 5.32 Å². The Morgan fingerprint density at radius 1 is 1.27 bits per heavy atom. The number of hydrogen-bond donors (Lipinski definition) is 1. The predicted octanol–water partition coefficient (Wildman–Crippen LogP) is 2.81. The summed E-state index contributed by atoms with van der Waals surface area (Å²) in [5.41, 5.74) is 1.23. The molecule has 1 nitrogen and oxygen atoms in total. The number of nitrogens with one attached hydrogen (secondary N) is 1. The van der Waals surface area contributed by atoms with Gasteiger partial charge in [0.05, 0.1) is 5.75 Å². The van der Waals surface area contributed by atoms with Gasteiger partial charge in [0.2, 0.25) is 6.43 Å². The molecule has 0 aliphatic carbocycles. The zero-order valence-electron chi connectivity index (χ0n) is 8.67. The van der Waals surface area contributed by atoms with E-state index in [1.165, 1.54) is 17.3 Å². The number of halogens is 2. The van der Waals surface area contributed by atoms with Crippen LogP contribution in [0.15, 0.2) is 29.2 Å². The van der Waals surface area contributed by atoms with E-state index in [0.717, 1.165) is 17.9 Å². The molecule has 0 aliphatic rings. The standard InChI is InChI=1S/C11H15F2NS/c1-14-7-6-9-2-4-10(5-3-9)15-8-11(12)13/h2-5,11,14H,6-8H2,1H3. The molecule has 0 unspecified atom stereocenters. The van der Waals surface area contributed by atoms with Gasteiger partial charge in [-0.2, -0.15) is 0 Å². The predicted molar refractivity (Wildman–Crippen MR) is 60.8 cm³/mol. The topological polar surface area (TPSA) is 12.0 Å². The summed E-state index contributed by atoms with van der Waals surface area (Å²) in [6, 6.07) is 7.78. The second-order valence-electron chi connectivity index (χ2n) is 3.20. The van der Waals surface area contributed by atoms with Crippen molar-refractivity contribution in [3.05, 3.63) is 29.8 Å². The van der Waals surface area contributed by atoms with Crippen molar-refractivity contribution in [3.8, 4) is 0 Å². The molecule has 1 N–H and O–H groups in total. The summed E-state index contributed by atoms with van der Waals surface area (Å²) in [5.74, 6) is -0.129. The second-order valence-corrected chi connectivity index (χ2v) is 4.29. The zero-order chi connectivity index (χ0) is 11.1. The molecule has 0 fully saturated rings. The van der Waals surface area contributed by atoms with Crippen LogP contribution in [-0.4, -0.2) is 25.8 Å². The van der Waals surface area contributed by atoms with Crippen molar-refractivity contribution >= 4 is 11.8 Å². The van der Waals surface area contributed by atoms with Gasteiger partial charge in [0, 0.05) is 4.90 Å². The lowest BCUT2D eigenvalue weighted by Crippen LogP contribution is -2.10. The number of hydrogen-bond acceptors (Lipinski definition) is 2. The van der Waals surface area contributed by atoms with E-state index < -0.39 is 6.43 Å². The molecule has 1 aromatic carbocycles. The van der Waals surface area contributed by atoms with Gasteiger partial charge in [-0.1, -0.05) is 12.1 Å². The smallest absolute Gasteiger partial charge is 0.247 e. The summed E-state index contributed by atoms with van der Waals surface area (Å²) in [6.07, 6.45) is -1.27. The van der Waals surface area contributed by atoms with Crippen LogP contribution in [0.5, 0.6) is 0 Å². The first-order valence-electron chi connectivity index (χ1n) is 4.87. The second kappa shape index (κ2) is 6.80. The molecule has 1 aromatic rings. The van der Waals surface area contributed by atoms with Crippen LogP contribution in [0, 0.1) is 0 Å². The van der Waals surface area contributed by atoms with E-state index in [1.807, 2.05) is 31.3 Å². The normalized spacial score (nSPS) is 10.9. The van der Waals surface area contributed by atoms with Gasteiger partial charge in [-0.25, -0.2) is 8.78 Å². The maximum atomic E-state index is 11.9. The van der Waals surface area contributed by atoms with E-state index in [2.05, 4.69) is 5.32 Å². The zero-order valence-corrected chi connectivity index (χ0v) is 9.49. The van der Waals surface area contributed by atoms with Crippen molar-refractivity contribution in [2.45, 2.75) is 17.7 Å². The van der Waals surface area contributed by atoms with E-state index in [9.17, 15) is 8.78 Å². The van der Waals surface area contributed by atoms with Crippen molar-refractivity contribution in [1.29, 1.82) is 0 Å². The molecule has 0 bridgehead atoms. The molecule has 0 spiro atoms. The molecular formula is C11H15F2NS. The third kappa shape index (κ3) is 5.14. The van der Waals surface area contributed by atoms with Gasteiger partial charge in [0.1, 0.15) is 0 Å². The lowest BCUT2D eigenvalue weighted by molar-refractivity contribution is 0.177. The number of alkyl halides is 2. The number of thioether (sulfide) groups is 1. The minimum absolute atomic E-state index is 0.129. The van der Waals surface area contributed by atoms with Gasteiger partial charge in [0.15, 0.2) is 0 Å². The van der Waals surface area contributed by atoms with Crippen LogP contribution in [-0.2, 0) is 6.42 Å². The highest BCUT2D eigenvalue weighted by atomic mass is 32.2. The largest absolute Gasteiger partial charge is 0.319 e. The fourth-order valence-electron chi connectivity index (χ4n) is 1.18. The fraction of sp³-hybridized carbons (Fsp3) is 0.455. The number of rotatable bonds is 6. The van der Waals surface area contributed by atoms with Crippen LogP contribution in [0.2, 0.25) is 0 Å². The molecule has 4 heteroatoms. The maximum absolute atomic E-state index is 11.9. The summed E-state index contributed by atoms with van der Waals surface area (Å²) in [7, 11) is 1.91.